The molecular weight excluding hydrogens is 440 g/mol. The molecule has 0 aromatic rings. The van der Waals surface area contributed by atoms with Gasteiger partial charge in [-0.3, -0.25) is 0 Å². The van der Waals surface area contributed by atoms with Crippen molar-refractivity contribution in [2.45, 2.75) is 103 Å². The van der Waals surface area contributed by atoms with Crippen molar-refractivity contribution in [1.29, 1.82) is 0 Å². The van der Waals surface area contributed by atoms with Crippen molar-refractivity contribution >= 4 is 12.3 Å². The number of fused-ring (bicyclic) bond motifs is 5. The van der Waals surface area contributed by atoms with Gasteiger partial charge in [0.2, 0.25) is 0 Å². The van der Waals surface area contributed by atoms with Crippen molar-refractivity contribution < 1.29 is 39.5 Å². The van der Waals surface area contributed by atoms with Crippen LogP contribution in [0.5, 0.6) is 0 Å². The lowest BCUT2D eigenvalue weighted by Gasteiger charge is -2.62. The molecular formula is C26H42O8. The van der Waals surface area contributed by atoms with Gasteiger partial charge in [-0.2, -0.15) is 0 Å². The Labute approximate surface area is 202 Å². The number of rotatable bonds is 5. The molecule has 4 saturated carbocycles. The molecule has 34 heavy (non-hydrogen) atoms. The fourth-order valence-corrected chi connectivity index (χ4v) is 9.38. The molecule has 0 radical (unpaired) electrons. The Morgan fingerprint density at radius 3 is 2.15 bits per heavy atom. The normalized spacial score (nSPS) is 44.8. The summed E-state index contributed by atoms with van der Waals surface area (Å²) in [5.74, 6) is -0.0549. The van der Waals surface area contributed by atoms with Crippen LogP contribution in [0.4, 0.5) is 9.59 Å². The summed E-state index contributed by atoms with van der Waals surface area (Å²) < 4.78 is 9.77. The van der Waals surface area contributed by atoms with Gasteiger partial charge in [0.25, 0.3) is 5.79 Å². The topological polar surface area (TPSA) is 134 Å². The van der Waals surface area contributed by atoms with Crippen LogP contribution in [-0.4, -0.2) is 50.7 Å². The van der Waals surface area contributed by atoms with E-state index in [0.29, 0.717) is 17.8 Å². The second-order valence-corrected chi connectivity index (χ2v) is 12.5. The van der Waals surface area contributed by atoms with Gasteiger partial charge in [-0.1, -0.05) is 20.8 Å². The van der Waals surface area contributed by atoms with E-state index < -0.39 is 18.1 Å². The fraction of sp³-hybridized carbons (Fsp3) is 0.923. The first kappa shape index (κ1) is 25.5. The zero-order valence-electron chi connectivity index (χ0n) is 20.9. The molecule has 8 nitrogen and oxygen atoms in total. The predicted molar refractivity (Wildman–Crippen MR) is 123 cm³/mol. The Hall–Kier alpha value is -1.54. The minimum Gasteiger partial charge on any atom is -0.450 e. The van der Waals surface area contributed by atoms with Crippen LogP contribution in [0.2, 0.25) is 0 Å². The van der Waals surface area contributed by atoms with Gasteiger partial charge in [-0.25, -0.2) is 9.59 Å². The fourth-order valence-electron chi connectivity index (χ4n) is 9.38. The van der Waals surface area contributed by atoms with E-state index >= 15 is 0 Å². The Morgan fingerprint density at radius 1 is 0.941 bits per heavy atom. The molecule has 1 unspecified atom stereocenters. The molecule has 194 valence electrons. The maximum atomic E-state index is 11.4. The Morgan fingerprint density at radius 2 is 1.53 bits per heavy atom. The molecule has 0 amide bonds. The second-order valence-electron chi connectivity index (χ2n) is 12.5. The maximum Gasteiger partial charge on any atom is 0.509 e. The zero-order chi connectivity index (χ0) is 25.1. The molecule has 0 saturated heterocycles. The molecule has 4 fully saturated rings. The third kappa shape index (κ3) is 4.29. The lowest BCUT2D eigenvalue weighted by atomic mass is 9.43. The standard InChI is InChI=1S/C26H42O8/c1-14(13-26(4,33-22(29)30)34-23(31)32)17-5-6-18-21-19(8-10-25(17,18)3)24(2)9-7-16(27)11-15(24)12-20(21)28/h14-21,27-28H,5-13H2,1-4H3,(H,29,30)(H,31,32)/t14-,15?,16-,17-,18+,19+,20-,21+,24+,25-/m1/s1. The van der Waals surface area contributed by atoms with Crippen molar-refractivity contribution in [3.8, 4) is 0 Å². The van der Waals surface area contributed by atoms with E-state index in [0.717, 1.165) is 51.4 Å². The lowest BCUT2D eigenvalue weighted by Crippen LogP contribution is -2.58. The Bertz CT molecular complexity index is 784. The van der Waals surface area contributed by atoms with Crippen LogP contribution in [-0.2, 0) is 9.47 Å². The van der Waals surface area contributed by atoms with Gasteiger partial charge in [0.05, 0.1) is 12.2 Å². The van der Waals surface area contributed by atoms with Crippen LogP contribution in [0.25, 0.3) is 0 Å². The summed E-state index contributed by atoms with van der Waals surface area (Å²) in [6.07, 6.45) is 3.94. The van der Waals surface area contributed by atoms with E-state index in [2.05, 4.69) is 13.8 Å². The third-order valence-corrected chi connectivity index (χ3v) is 10.7. The number of hydrogen-bond donors (Lipinski definition) is 4. The van der Waals surface area contributed by atoms with Crippen molar-refractivity contribution in [2.24, 2.45) is 46.3 Å². The summed E-state index contributed by atoms with van der Waals surface area (Å²) in [7, 11) is 0. The highest BCUT2D eigenvalue weighted by Crippen LogP contribution is 2.68. The minimum absolute atomic E-state index is 0.00764. The molecule has 4 rings (SSSR count). The van der Waals surface area contributed by atoms with Gasteiger partial charge in [-0.05, 0) is 97.7 Å². The first-order valence-corrected chi connectivity index (χ1v) is 13.0. The van der Waals surface area contributed by atoms with Crippen LogP contribution in [0, 0.1) is 46.3 Å². The summed E-state index contributed by atoms with van der Waals surface area (Å²) in [6, 6.07) is 0. The largest absolute Gasteiger partial charge is 0.509 e. The van der Waals surface area contributed by atoms with E-state index in [1.807, 2.05) is 6.92 Å². The van der Waals surface area contributed by atoms with Crippen LogP contribution in [0.3, 0.4) is 0 Å². The van der Waals surface area contributed by atoms with E-state index in [1.165, 1.54) is 6.92 Å². The van der Waals surface area contributed by atoms with Crippen molar-refractivity contribution in [2.75, 3.05) is 0 Å². The van der Waals surface area contributed by atoms with Gasteiger partial charge in [0.1, 0.15) is 0 Å². The summed E-state index contributed by atoms with van der Waals surface area (Å²) in [5, 5.41) is 39.9. The molecule has 4 aliphatic rings. The molecule has 0 aromatic heterocycles. The van der Waals surface area contributed by atoms with E-state index in [1.54, 1.807) is 0 Å². The average Bonchev–Trinajstić information content (AvgIpc) is 3.05. The quantitative estimate of drug-likeness (QED) is 0.314. The highest BCUT2D eigenvalue weighted by atomic mass is 16.8. The van der Waals surface area contributed by atoms with E-state index in [-0.39, 0.29) is 47.2 Å². The monoisotopic (exact) mass is 482 g/mol. The van der Waals surface area contributed by atoms with Gasteiger partial charge in [-0.15, -0.1) is 0 Å². The highest BCUT2D eigenvalue weighted by molar-refractivity contribution is 5.60. The molecule has 0 aliphatic heterocycles. The predicted octanol–water partition coefficient (Wildman–Crippen LogP) is 5.11. The van der Waals surface area contributed by atoms with Crippen molar-refractivity contribution in [1.82, 2.24) is 0 Å². The van der Waals surface area contributed by atoms with Gasteiger partial charge in [0, 0.05) is 13.3 Å². The summed E-state index contributed by atoms with van der Waals surface area (Å²) >= 11 is 0. The summed E-state index contributed by atoms with van der Waals surface area (Å²) in [4.78, 5) is 22.4. The van der Waals surface area contributed by atoms with Crippen molar-refractivity contribution in [3.05, 3.63) is 0 Å². The third-order valence-electron chi connectivity index (χ3n) is 10.7. The van der Waals surface area contributed by atoms with Gasteiger partial charge in [0.15, 0.2) is 0 Å². The number of aliphatic hydroxyl groups is 2. The molecule has 4 N–H and O–H groups in total. The minimum atomic E-state index is -1.75. The number of aliphatic hydroxyl groups excluding tert-OH is 2. The van der Waals surface area contributed by atoms with Crippen LogP contribution < -0.4 is 0 Å². The lowest BCUT2D eigenvalue weighted by molar-refractivity contribution is -0.191. The molecule has 10 atom stereocenters. The van der Waals surface area contributed by atoms with E-state index in [4.69, 9.17) is 19.7 Å². The van der Waals surface area contributed by atoms with E-state index in [9.17, 15) is 19.8 Å². The van der Waals surface area contributed by atoms with Crippen molar-refractivity contribution in [3.63, 3.8) is 0 Å². The van der Waals surface area contributed by atoms with Crippen LogP contribution in [0.1, 0.15) is 85.5 Å². The summed E-state index contributed by atoms with van der Waals surface area (Å²) in [6.45, 7) is 8.13. The number of hydrogen-bond acceptors (Lipinski definition) is 6. The molecule has 0 heterocycles. The smallest absolute Gasteiger partial charge is 0.450 e. The number of carboxylic acid groups (broad SMARTS) is 2. The highest BCUT2D eigenvalue weighted by Gasteiger charge is 2.63. The maximum absolute atomic E-state index is 11.4. The summed E-state index contributed by atoms with van der Waals surface area (Å²) in [5.41, 5.74) is 0.156. The van der Waals surface area contributed by atoms with Crippen LogP contribution in [0.15, 0.2) is 0 Å². The number of carbonyl (C=O) groups is 2. The molecule has 4 aliphatic carbocycles. The first-order chi connectivity index (χ1) is 15.8. The van der Waals surface area contributed by atoms with Gasteiger partial charge >= 0.3 is 12.3 Å². The van der Waals surface area contributed by atoms with Crippen LogP contribution >= 0.6 is 0 Å². The molecule has 0 aromatic carbocycles. The molecule has 8 heteroatoms. The average molecular weight is 483 g/mol. The molecule has 0 bridgehead atoms. The zero-order valence-corrected chi connectivity index (χ0v) is 20.9. The second kappa shape index (κ2) is 8.84. The Kier molecular flexibility index (Phi) is 6.64. The number of ether oxygens (including phenoxy) is 2. The Balaban J connectivity index is 1.54. The van der Waals surface area contributed by atoms with Gasteiger partial charge < -0.3 is 29.9 Å². The first-order valence-electron chi connectivity index (χ1n) is 13.0. The SMILES string of the molecule is C[C@H](CC(C)(OC(=O)O)OC(=O)O)[C@H]1CC[C@H]2[C@@H]3[C@H](O)CC4C[C@H](O)CC[C@]4(C)[C@H]3CC[C@]12C. The molecule has 0 spiro atoms.